The molecular formula is C11H18N4OS. The molecule has 6 heteroatoms. The van der Waals surface area contributed by atoms with E-state index in [9.17, 15) is 0 Å². The molecule has 1 aromatic heterocycles. The van der Waals surface area contributed by atoms with E-state index >= 15 is 0 Å². The van der Waals surface area contributed by atoms with Crippen LogP contribution in [0.5, 0.6) is 0 Å². The zero-order chi connectivity index (χ0) is 12.3. The van der Waals surface area contributed by atoms with Crippen molar-refractivity contribution < 1.29 is 4.74 Å². The third-order valence-corrected chi connectivity index (χ3v) is 3.81. The van der Waals surface area contributed by atoms with E-state index in [0.717, 1.165) is 36.3 Å². The van der Waals surface area contributed by atoms with Crippen LogP contribution in [0.25, 0.3) is 0 Å². The third kappa shape index (κ3) is 2.95. The lowest BCUT2D eigenvalue weighted by Gasteiger charge is -2.14. The van der Waals surface area contributed by atoms with Crippen molar-refractivity contribution in [1.82, 2.24) is 15.2 Å². The lowest BCUT2D eigenvalue weighted by atomic mass is 10.4. The van der Waals surface area contributed by atoms with E-state index in [1.54, 1.807) is 18.4 Å². The standard InChI is InChI=1S/C11H18N4OS/c1-8(16-3)10-14-9(7-17-10)6-13-11-12-4-5-15(11)2/h7-8H,4-6H2,1-3H3,(H,12,13). The smallest absolute Gasteiger partial charge is 0.194 e. The van der Waals surface area contributed by atoms with Gasteiger partial charge in [0.1, 0.15) is 11.1 Å². The van der Waals surface area contributed by atoms with Crippen molar-refractivity contribution in [2.45, 2.75) is 19.6 Å². The van der Waals surface area contributed by atoms with Gasteiger partial charge < -0.3 is 15.0 Å². The van der Waals surface area contributed by atoms with Gasteiger partial charge in [0.15, 0.2) is 5.96 Å². The number of aliphatic imine (C=N–C) groups is 1. The predicted octanol–water partition coefficient (Wildman–Crippen LogP) is 1.24. The molecule has 0 bridgehead atoms. The molecule has 1 aliphatic rings. The molecule has 1 aromatic rings. The van der Waals surface area contributed by atoms with Gasteiger partial charge in [-0.05, 0) is 6.92 Å². The highest BCUT2D eigenvalue weighted by Gasteiger charge is 2.13. The lowest BCUT2D eigenvalue weighted by molar-refractivity contribution is 0.119. The summed E-state index contributed by atoms with van der Waals surface area (Å²) in [4.78, 5) is 11.0. The second-order valence-corrected chi connectivity index (χ2v) is 4.93. The molecule has 5 nitrogen and oxygen atoms in total. The zero-order valence-electron chi connectivity index (χ0n) is 10.4. The number of rotatable bonds is 4. The summed E-state index contributed by atoms with van der Waals surface area (Å²) in [6, 6.07) is 0. The lowest BCUT2D eigenvalue weighted by Crippen LogP contribution is -2.35. The van der Waals surface area contributed by atoms with Crippen molar-refractivity contribution in [1.29, 1.82) is 0 Å². The number of methoxy groups -OCH3 is 1. The number of likely N-dealkylation sites (N-methyl/N-ethyl adjacent to an activating group) is 1. The first-order valence-corrected chi connectivity index (χ1v) is 6.55. The molecule has 1 unspecified atom stereocenters. The Morgan fingerprint density at radius 1 is 1.65 bits per heavy atom. The number of nitrogens with zero attached hydrogens (tertiary/aromatic N) is 3. The van der Waals surface area contributed by atoms with E-state index in [4.69, 9.17) is 4.74 Å². The number of guanidine groups is 1. The van der Waals surface area contributed by atoms with E-state index in [2.05, 4.69) is 25.6 Å². The number of aromatic nitrogens is 1. The van der Waals surface area contributed by atoms with Crippen molar-refractivity contribution in [3.8, 4) is 0 Å². The van der Waals surface area contributed by atoms with Gasteiger partial charge in [-0.15, -0.1) is 11.3 Å². The average molecular weight is 254 g/mol. The first kappa shape index (κ1) is 12.3. The molecule has 94 valence electrons. The maximum absolute atomic E-state index is 5.24. The van der Waals surface area contributed by atoms with E-state index in [1.165, 1.54) is 0 Å². The first-order valence-electron chi connectivity index (χ1n) is 5.67. The van der Waals surface area contributed by atoms with Gasteiger partial charge >= 0.3 is 0 Å². The Hall–Kier alpha value is -1.14. The van der Waals surface area contributed by atoms with Gasteiger partial charge in [0.05, 0.1) is 18.8 Å². The fraction of sp³-hybridized carbons (Fsp3) is 0.636. The van der Waals surface area contributed by atoms with Crippen LogP contribution in [0, 0.1) is 0 Å². The van der Waals surface area contributed by atoms with Crippen LogP contribution < -0.4 is 5.32 Å². The Balaban J connectivity index is 1.89. The Kier molecular flexibility index (Phi) is 3.96. The zero-order valence-corrected chi connectivity index (χ0v) is 11.3. The highest BCUT2D eigenvalue weighted by atomic mass is 32.1. The second-order valence-electron chi connectivity index (χ2n) is 4.04. The Morgan fingerprint density at radius 2 is 2.47 bits per heavy atom. The van der Waals surface area contributed by atoms with Gasteiger partial charge in [0.25, 0.3) is 0 Å². The number of hydrogen-bond acceptors (Lipinski definition) is 6. The summed E-state index contributed by atoms with van der Waals surface area (Å²) in [5.74, 6) is 0.958. The normalized spacial score (nSPS) is 17.1. The van der Waals surface area contributed by atoms with Crippen molar-refractivity contribution in [2.24, 2.45) is 4.99 Å². The Labute approximate surface area is 106 Å². The Morgan fingerprint density at radius 3 is 3.12 bits per heavy atom. The summed E-state index contributed by atoms with van der Waals surface area (Å²) in [7, 11) is 3.74. The summed E-state index contributed by atoms with van der Waals surface area (Å²) in [6.07, 6.45) is 0.0697. The maximum atomic E-state index is 5.24. The summed E-state index contributed by atoms with van der Waals surface area (Å²) >= 11 is 1.64. The van der Waals surface area contributed by atoms with Crippen LogP contribution in [0.2, 0.25) is 0 Å². The molecule has 0 radical (unpaired) electrons. The van der Waals surface area contributed by atoms with E-state index in [1.807, 2.05) is 14.0 Å². The molecular weight excluding hydrogens is 236 g/mol. The molecule has 2 rings (SSSR count). The molecule has 2 heterocycles. The average Bonchev–Trinajstić information content (AvgIpc) is 2.94. The minimum atomic E-state index is 0.0697. The van der Waals surface area contributed by atoms with Gasteiger partial charge in [0, 0.05) is 26.1 Å². The van der Waals surface area contributed by atoms with Gasteiger partial charge in [0.2, 0.25) is 0 Å². The minimum Gasteiger partial charge on any atom is -0.375 e. The van der Waals surface area contributed by atoms with Crippen molar-refractivity contribution >= 4 is 17.3 Å². The van der Waals surface area contributed by atoms with Crippen LogP contribution in [0.1, 0.15) is 23.7 Å². The minimum absolute atomic E-state index is 0.0697. The maximum Gasteiger partial charge on any atom is 0.194 e. The molecule has 0 spiro atoms. The highest BCUT2D eigenvalue weighted by molar-refractivity contribution is 7.09. The van der Waals surface area contributed by atoms with Crippen LogP contribution in [0.3, 0.4) is 0 Å². The molecule has 1 atom stereocenters. The van der Waals surface area contributed by atoms with E-state index in [0.29, 0.717) is 0 Å². The predicted molar refractivity (Wildman–Crippen MR) is 69.3 cm³/mol. The molecule has 1 N–H and O–H groups in total. The van der Waals surface area contributed by atoms with Crippen LogP contribution >= 0.6 is 11.3 Å². The largest absolute Gasteiger partial charge is 0.375 e. The van der Waals surface area contributed by atoms with Crippen LogP contribution in [0.15, 0.2) is 10.4 Å². The Bertz CT molecular complexity index is 404. The van der Waals surface area contributed by atoms with Gasteiger partial charge in [-0.2, -0.15) is 0 Å². The number of hydrogen-bond donors (Lipinski definition) is 1. The van der Waals surface area contributed by atoms with Crippen molar-refractivity contribution in [2.75, 3.05) is 27.2 Å². The monoisotopic (exact) mass is 254 g/mol. The molecule has 0 aliphatic carbocycles. The summed E-state index contributed by atoms with van der Waals surface area (Å²) in [5.41, 5.74) is 1.04. The second kappa shape index (κ2) is 5.46. The number of nitrogens with one attached hydrogen (secondary N) is 1. The van der Waals surface area contributed by atoms with Gasteiger partial charge in [-0.25, -0.2) is 4.98 Å². The molecule has 0 fully saturated rings. The molecule has 0 amide bonds. The number of thiazole rings is 1. The van der Waals surface area contributed by atoms with Crippen molar-refractivity contribution in [3.05, 3.63) is 16.1 Å². The molecule has 17 heavy (non-hydrogen) atoms. The van der Waals surface area contributed by atoms with E-state index in [-0.39, 0.29) is 6.10 Å². The number of ether oxygens (including phenoxy) is 1. The molecule has 0 saturated carbocycles. The molecule has 0 aromatic carbocycles. The van der Waals surface area contributed by atoms with Crippen LogP contribution in [-0.2, 0) is 11.3 Å². The van der Waals surface area contributed by atoms with Gasteiger partial charge in [-0.3, -0.25) is 4.99 Å². The summed E-state index contributed by atoms with van der Waals surface area (Å²) < 4.78 is 5.24. The van der Waals surface area contributed by atoms with Gasteiger partial charge in [-0.1, -0.05) is 0 Å². The third-order valence-electron chi connectivity index (χ3n) is 2.76. The van der Waals surface area contributed by atoms with E-state index < -0.39 is 0 Å². The van der Waals surface area contributed by atoms with Crippen molar-refractivity contribution in [3.63, 3.8) is 0 Å². The fourth-order valence-corrected chi connectivity index (χ4v) is 2.44. The SMILES string of the molecule is COC(C)c1nc(CNC2=NCCN2C)cs1. The van der Waals surface area contributed by atoms with Crippen LogP contribution in [-0.4, -0.2) is 43.1 Å². The molecule has 1 aliphatic heterocycles. The quantitative estimate of drug-likeness (QED) is 0.878. The summed E-state index contributed by atoms with van der Waals surface area (Å²) in [5, 5.41) is 6.38. The first-order chi connectivity index (χ1) is 8.20. The fourth-order valence-electron chi connectivity index (χ4n) is 1.58. The highest BCUT2D eigenvalue weighted by Crippen LogP contribution is 2.20. The summed E-state index contributed by atoms with van der Waals surface area (Å²) in [6.45, 7) is 4.59. The van der Waals surface area contributed by atoms with Crippen LogP contribution in [0.4, 0.5) is 0 Å². The topological polar surface area (TPSA) is 49.8 Å². The molecule has 0 saturated heterocycles.